The van der Waals surface area contributed by atoms with Gasteiger partial charge in [-0.2, -0.15) is 0 Å². The van der Waals surface area contributed by atoms with E-state index in [2.05, 4.69) is 13.8 Å². The molecule has 0 bridgehead atoms. The molecule has 0 N–H and O–H groups in total. The largest absolute Gasteiger partial charge is 0.0702 e. The van der Waals surface area contributed by atoms with Crippen LogP contribution in [0.3, 0.4) is 0 Å². The molecule has 0 heterocycles. The van der Waals surface area contributed by atoms with Gasteiger partial charge < -0.3 is 0 Å². The third-order valence-electron chi connectivity index (χ3n) is 2.25. The Balaban J connectivity index is 2.44. The second-order valence-corrected chi connectivity index (χ2v) is 3.82. The Labute approximate surface area is 58.0 Å². The summed E-state index contributed by atoms with van der Waals surface area (Å²) in [5.41, 5.74) is 1.76. The van der Waals surface area contributed by atoms with E-state index in [0.717, 1.165) is 12.8 Å². The first-order valence-electron chi connectivity index (χ1n) is 3.70. The Morgan fingerprint density at radius 2 is 1.67 bits per heavy atom. The molecule has 0 unspecified atom stereocenters. The van der Waals surface area contributed by atoms with Gasteiger partial charge in [-0.25, -0.2) is 0 Å². The Kier molecular flexibility index (Phi) is 1.65. The van der Waals surface area contributed by atoms with Gasteiger partial charge in [-0.1, -0.05) is 26.0 Å². The fourth-order valence-electron chi connectivity index (χ4n) is 1.25. The summed E-state index contributed by atoms with van der Waals surface area (Å²) in [7, 11) is 0. The molecule has 1 radical (unpaired) electrons. The van der Waals surface area contributed by atoms with Gasteiger partial charge in [-0.05, 0) is 31.1 Å². The van der Waals surface area contributed by atoms with Gasteiger partial charge in [0.05, 0.1) is 0 Å². The third kappa shape index (κ3) is 1.85. The molecule has 51 valence electrons. The highest BCUT2D eigenvalue weighted by Crippen LogP contribution is 2.36. The smallest absolute Gasteiger partial charge is 0.0312 e. The minimum atomic E-state index is 0.558. The minimum Gasteiger partial charge on any atom is -0.0702 e. The molecule has 1 rings (SSSR count). The van der Waals surface area contributed by atoms with Gasteiger partial charge in [0, 0.05) is 0 Å². The van der Waals surface area contributed by atoms with Gasteiger partial charge in [-0.15, -0.1) is 0 Å². The highest BCUT2D eigenvalue weighted by molar-refractivity contribution is 4.98. The quantitative estimate of drug-likeness (QED) is 0.464. The van der Waals surface area contributed by atoms with Crippen LogP contribution in [0, 0.1) is 12.0 Å². The Hall–Kier alpha value is -0.260. The lowest BCUT2D eigenvalue weighted by molar-refractivity contribution is 0.278. The fourth-order valence-corrected chi connectivity index (χ4v) is 1.25. The molecule has 0 aromatic carbocycles. The number of allylic oxidation sites excluding steroid dienone is 1. The van der Waals surface area contributed by atoms with E-state index in [4.69, 9.17) is 6.58 Å². The molecule has 0 spiro atoms. The lowest BCUT2D eigenvalue weighted by Crippen LogP contribution is -2.15. The number of hydrogen-bond donors (Lipinski definition) is 0. The molecule has 1 aliphatic rings. The van der Waals surface area contributed by atoms with Crippen LogP contribution in [0.1, 0.15) is 39.5 Å². The molecule has 1 aliphatic carbocycles. The first kappa shape index (κ1) is 6.85. The van der Waals surface area contributed by atoms with Crippen LogP contribution in [0.4, 0.5) is 0 Å². The van der Waals surface area contributed by atoms with Crippen molar-refractivity contribution in [3.8, 4) is 0 Å². The predicted octanol–water partition coefficient (Wildman–Crippen LogP) is 2.95. The summed E-state index contributed by atoms with van der Waals surface area (Å²) in [5, 5.41) is 0. The van der Waals surface area contributed by atoms with Gasteiger partial charge in [0.1, 0.15) is 0 Å². The standard InChI is InChI=1S/C9H15/c1-8-4-6-9(2,3)7-5-8/h1H,4-7H2,2-3H3. The van der Waals surface area contributed by atoms with Crippen molar-refractivity contribution in [2.75, 3.05) is 0 Å². The van der Waals surface area contributed by atoms with E-state index in [-0.39, 0.29) is 0 Å². The van der Waals surface area contributed by atoms with Crippen LogP contribution in [0.5, 0.6) is 0 Å². The second kappa shape index (κ2) is 2.17. The second-order valence-electron chi connectivity index (χ2n) is 3.82. The zero-order chi connectivity index (χ0) is 6.91. The van der Waals surface area contributed by atoms with E-state index in [1.807, 2.05) is 0 Å². The van der Waals surface area contributed by atoms with Crippen LogP contribution in [-0.4, -0.2) is 0 Å². The van der Waals surface area contributed by atoms with Crippen LogP contribution in [0.25, 0.3) is 0 Å². The van der Waals surface area contributed by atoms with Crippen molar-refractivity contribution >= 4 is 0 Å². The molecule has 0 heteroatoms. The molecule has 0 saturated heterocycles. The van der Waals surface area contributed by atoms with Crippen molar-refractivity contribution in [2.24, 2.45) is 5.41 Å². The normalized spacial score (nSPS) is 26.2. The van der Waals surface area contributed by atoms with Crippen molar-refractivity contribution in [2.45, 2.75) is 39.5 Å². The van der Waals surface area contributed by atoms with Crippen molar-refractivity contribution in [3.63, 3.8) is 0 Å². The van der Waals surface area contributed by atoms with Gasteiger partial charge in [0.2, 0.25) is 0 Å². The SMILES string of the molecule is [CH]=C1CCC(C)(C)CC1. The van der Waals surface area contributed by atoms with Crippen LogP contribution < -0.4 is 0 Å². The van der Waals surface area contributed by atoms with Gasteiger partial charge >= 0.3 is 0 Å². The van der Waals surface area contributed by atoms with Crippen molar-refractivity contribution in [1.29, 1.82) is 0 Å². The molecule has 0 aromatic heterocycles. The van der Waals surface area contributed by atoms with Crippen LogP contribution in [0.2, 0.25) is 0 Å². The first-order chi connectivity index (χ1) is 4.10. The van der Waals surface area contributed by atoms with E-state index >= 15 is 0 Å². The monoisotopic (exact) mass is 123 g/mol. The molecule has 1 saturated carbocycles. The van der Waals surface area contributed by atoms with Crippen molar-refractivity contribution in [1.82, 2.24) is 0 Å². The number of hydrogen-bond acceptors (Lipinski definition) is 0. The highest BCUT2D eigenvalue weighted by atomic mass is 14.3. The van der Waals surface area contributed by atoms with E-state index in [1.54, 1.807) is 0 Å². The molecule has 0 aromatic rings. The molecule has 9 heavy (non-hydrogen) atoms. The highest BCUT2D eigenvalue weighted by Gasteiger charge is 2.21. The Morgan fingerprint density at radius 3 is 2.00 bits per heavy atom. The maximum Gasteiger partial charge on any atom is -0.0312 e. The summed E-state index contributed by atoms with van der Waals surface area (Å²) in [6, 6.07) is 0. The van der Waals surface area contributed by atoms with Crippen molar-refractivity contribution in [3.05, 3.63) is 12.2 Å². The predicted molar refractivity (Wildman–Crippen MR) is 40.1 cm³/mol. The summed E-state index contributed by atoms with van der Waals surface area (Å²) in [5.74, 6) is 0. The van der Waals surface area contributed by atoms with E-state index < -0.39 is 0 Å². The zero-order valence-electron chi connectivity index (χ0n) is 6.41. The molecular weight excluding hydrogens is 108 g/mol. The molecule has 0 atom stereocenters. The van der Waals surface area contributed by atoms with E-state index in [1.165, 1.54) is 18.4 Å². The average Bonchev–Trinajstić information content (AvgIpc) is 1.78. The van der Waals surface area contributed by atoms with Gasteiger partial charge in [-0.3, -0.25) is 0 Å². The lowest BCUT2D eigenvalue weighted by atomic mass is 9.76. The van der Waals surface area contributed by atoms with Crippen molar-refractivity contribution < 1.29 is 0 Å². The molecule has 1 fully saturated rings. The average molecular weight is 123 g/mol. The van der Waals surface area contributed by atoms with Crippen LogP contribution >= 0.6 is 0 Å². The molecule has 0 aliphatic heterocycles. The third-order valence-corrected chi connectivity index (χ3v) is 2.25. The summed E-state index contributed by atoms with van der Waals surface area (Å²) in [6.45, 7) is 10.3. The van der Waals surface area contributed by atoms with Crippen LogP contribution in [0.15, 0.2) is 5.57 Å². The van der Waals surface area contributed by atoms with Gasteiger partial charge in [0.15, 0.2) is 0 Å². The van der Waals surface area contributed by atoms with E-state index in [9.17, 15) is 0 Å². The molecular formula is C9H15. The Morgan fingerprint density at radius 1 is 1.22 bits per heavy atom. The first-order valence-corrected chi connectivity index (χ1v) is 3.70. The summed E-state index contributed by atoms with van der Waals surface area (Å²) >= 11 is 0. The van der Waals surface area contributed by atoms with E-state index in [0.29, 0.717) is 5.41 Å². The molecule has 0 nitrogen and oxygen atoms in total. The molecule has 0 amide bonds. The fraction of sp³-hybridized carbons (Fsp3) is 0.778. The number of rotatable bonds is 0. The lowest BCUT2D eigenvalue weighted by Gasteiger charge is -2.30. The van der Waals surface area contributed by atoms with Crippen LogP contribution in [-0.2, 0) is 0 Å². The summed E-state index contributed by atoms with van der Waals surface area (Å²) < 4.78 is 0. The minimum absolute atomic E-state index is 0.558. The van der Waals surface area contributed by atoms with Gasteiger partial charge in [0.25, 0.3) is 0 Å². The topological polar surface area (TPSA) is 0 Å². The summed E-state index contributed by atoms with van der Waals surface area (Å²) in [4.78, 5) is 0. The Bertz CT molecular complexity index is 108. The maximum atomic E-state index is 5.67. The maximum absolute atomic E-state index is 5.67. The summed E-state index contributed by atoms with van der Waals surface area (Å²) in [6.07, 6.45) is 4.84. The zero-order valence-corrected chi connectivity index (χ0v) is 6.41.